The fourth-order valence-corrected chi connectivity index (χ4v) is 4.08. The highest BCUT2D eigenvalue weighted by Gasteiger charge is 2.33. The lowest BCUT2D eigenvalue weighted by Gasteiger charge is -2.13. The van der Waals surface area contributed by atoms with E-state index >= 15 is 0 Å². The molecule has 2 aromatic carbocycles. The van der Waals surface area contributed by atoms with Crippen LogP contribution in [0.15, 0.2) is 51.9 Å². The number of aromatic nitrogens is 1. The fraction of sp³-hybridized carbons (Fsp3) is 0.200. The topological polar surface area (TPSA) is 55.1 Å². The minimum absolute atomic E-state index is 0.0113. The molecule has 1 N–H and O–H groups in total. The number of hydrogen-bond acceptors (Lipinski definition) is 4. The van der Waals surface area contributed by atoms with Gasteiger partial charge in [-0.1, -0.05) is 28.9 Å². The number of carbonyl (C=O) groups is 1. The van der Waals surface area contributed by atoms with Crippen molar-refractivity contribution in [3.05, 3.63) is 75.6 Å². The van der Waals surface area contributed by atoms with Crippen LogP contribution in [0.1, 0.15) is 32.9 Å². The Labute approximate surface area is 174 Å². The van der Waals surface area contributed by atoms with E-state index in [1.54, 1.807) is 24.3 Å². The molecule has 1 heterocycles. The van der Waals surface area contributed by atoms with Gasteiger partial charge >= 0.3 is 6.18 Å². The van der Waals surface area contributed by atoms with Crippen molar-refractivity contribution < 1.29 is 22.5 Å². The van der Waals surface area contributed by atoms with Crippen LogP contribution in [0, 0.1) is 13.8 Å². The highest BCUT2D eigenvalue weighted by atomic mass is 35.5. The molecule has 0 fully saturated rings. The number of halogens is 4. The van der Waals surface area contributed by atoms with E-state index in [2.05, 4.69) is 10.5 Å². The van der Waals surface area contributed by atoms with Crippen LogP contribution in [0.4, 0.5) is 18.9 Å². The quantitative estimate of drug-likeness (QED) is 0.459. The summed E-state index contributed by atoms with van der Waals surface area (Å²) < 4.78 is 44.3. The summed E-state index contributed by atoms with van der Waals surface area (Å²) in [4.78, 5) is 13.4. The lowest BCUT2D eigenvalue weighted by atomic mass is 10.1. The predicted octanol–water partition coefficient (Wildman–Crippen LogP) is 6.51. The lowest BCUT2D eigenvalue weighted by Crippen LogP contribution is -2.14. The van der Waals surface area contributed by atoms with Crippen molar-refractivity contribution in [3.63, 3.8) is 0 Å². The molecule has 152 valence electrons. The van der Waals surface area contributed by atoms with Gasteiger partial charge in [0.1, 0.15) is 5.76 Å². The fourth-order valence-electron chi connectivity index (χ4n) is 2.66. The Morgan fingerprint density at radius 3 is 2.59 bits per heavy atom. The minimum atomic E-state index is -4.61. The van der Waals surface area contributed by atoms with E-state index < -0.39 is 22.7 Å². The molecule has 0 radical (unpaired) electrons. The first-order valence-corrected chi connectivity index (χ1v) is 9.85. The Bertz CT molecular complexity index is 1030. The maximum Gasteiger partial charge on any atom is 0.417 e. The van der Waals surface area contributed by atoms with Gasteiger partial charge in [0.05, 0.1) is 21.8 Å². The predicted molar refractivity (Wildman–Crippen MR) is 106 cm³/mol. The molecular formula is C20H16ClF3N2O2S. The van der Waals surface area contributed by atoms with Crippen molar-refractivity contribution in [1.29, 1.82) is 0 Å². The number of amides is 1. The summed E-state index contributed by atoms with van der Waals surface area (Å²) in [6.45, 7) is 3.65. The smallest absolute Gasteiger partial charge is 0.361 e. The van der Waals surface area contributed by atoms with Crippen LogP contribution in [-0.2, 0) is 11.9 Å². The molecule has 0 saturated heterocycles. The zero-order valence-corrected chi connectivity index (χ0v) is 17.0. The highest BCUT2D eigenvalue weighted by molar-refractivity contribution is 7.98. The van der Waals surface area contributed by atoms with Gasteiger partial charge in [-0.15, -0.1) is 11.8 Å². The molecule has 0 unspecified atom stereocenters. The number of nitrogens with zero attached hydrogens (tertiary/aromatic N) is 1. The highest BCUT2D eigenvalue weighted by Crippen LogP contribution is 2.36. The Balaban J connectivity index is 1.80. The SMILES string of the molecule is Cc1noc(C)c1CSc1ccccc1C(=O)Nc1ccc(Cl)c(C(F)(F)F)c1. The average molecular weight is 441 g/mol. The van der Waals surface area contributed by atoms with E-state index in [0.717, 1.165) is 23.4 Å². The molecule has 0 atom stereocenters. The third-order valence-electron chi connectivity index (χ3n) is 4.21. The molecule has 1 amide bonds. The monoisotopic (exact) mass is 440 g/mol. The molecule has 0 aliphatic carbocycles. The number of alkyl halides is 3. The molecule has 0 bridgehead atoms. The van der Waals surface area contributed by atoms with Gasteiger partial charge in [0.15, 0.2) is 0 Å². The zero-order chi connectivity index (χ0) is 21.2. The Kier molecular flexibility index (Phi) is 6.24. The lowest BCUT2D eigenvalue weighted by molar-refractivity contribution is -0.137. The molecule has 1 aromatic heterocycles. The van der Waals surface area contributed by atoms with Gasteiger partial charge in [0.25, 0.3) is 5.91 Å². The molecule has 0 aliphatic heterocycles. The number of hydrogen-bond donors (Lipinski definition) is 1. The molecule has 3 rings (SSSR count). The Morgan fingerprint density at radius 2 is 1.93 bits per heavy atom. The van der Waals surface area contributed by atoms with Gasteiger partial charge in [-0.2, -0.15) is 13.2 Å². The van der Waals surface area contributed by atoms with Gasteiger partial charge in [0, 0.05) is 21.9 Å². The number of anilines is 1. The Hall–Kier alpha value is -2.45. The summed E-state index contributed by atoms with van der Waals surface area (Å²) in [6, 6.07) is 10.1. The van der Waals surface area contributed by atoms with Crippen molar-refractivity contribution in [2.45, 2.75) is 30.7 Å². The summed E-state index contributed by atoms with van der Waals surface area (Å²) in [6.07, 6.45) is -4.61. The van der Waals surface area contributed by atoms with Crippen molar-refractivity contribution in [2.24, 2.45) is 0 Å². The van der Waals surface area contributed by atoms with Crippen LogP contribution in [0.3, 0.4) is 0 Å². The summed E-state index contributed by atoms with van der Waals surface area (Å²) in [5, 5.41) is 5.99. The summed E-state index contributed by atoms with van der Waals surface area (Å²) in [7, 11) is 0. The first-order chi connectivity index (χ1) is 13.7. The van der Waals surface area contributed by atoms with E-state index in [9.17, 15) is 18.0 Å². The molecule has 0 saturated carbocycles. The summed E-state index contributed by atoms with van der Waals surface area (Å²) in [5.41, 5.74) is 1.08. The van der Waals surface area contributed by atoms with Crippen LogP contribution in [0.5, 0.6) is 0 Å². The van der Waals surface area contributed by atoms with Crippen molar-refractivity contribution >= 4 is 35.0 Å². The minimum Gasteiger partial charge on any atom is -0.361 e. The maximum absolute atomic E-state index is 13.0. The summed E-state index contributed by atoms with van der Waals surface area (Å²) in [5.74, 6) is 0.741. The van der Waals surface area contributed by atoms with E-state index in [1.165, 1.54) is 17.8 Å². The molecule has 4 nitrogen and oxygen atoms in total. The number of thioether (sulfide) groups is 1. The molecule has 3 aromatic rings. The average Bonchev–Trinajstić information content (AvgIpc) is 2.98. The third-order valence-corrected chi connectivity index (χ3v) is 5.64. The molecule has 0 spiro atoms. The van der Waals surface area contributed by atoms with Crippen LogP contribution < -0.4 is 5.32 Å². The van der Waals surface area contributed by atoms with Gasteiger partial charge in [-0.3, -0.25) is 4.79 Å². The van der Waals surface area contributed by atoms with Crippen LogP contribution in [0.25, 0.3) is 0 Å². The summed E-state index contributed by atoms with van der Waals surface area (Å²) >= 11 is 7.05. The normalized spacial score (nSPS) is 11.5. The molecule has 9 heteroatoms. The van der Waals surface area contributed by atoms with Crippen molar-refractivity contribution in [1.82, 2.24) is 5.16 Å². The molecule has 29 heavy (non-hydrogen) atoms. The van der Waals surface area contributed by atoms with Gasteiger partial charge in [0.2, 0.25) is 0 Å². The Morgan fingerprint density at radius 1 is 1.21 bits per heavy atom. The standard InChI is InChI=1S/C20H16ClF3N2O2S/c1-11-15(12(2)28-26-11)10-29-18-6-4-3-5-14(18)19(27)25-13-7-8-17(21)16(9-13)20(22,23)24/h3-9H,10H2,1-2H3,(H,25,27). The van der Waals surface area contributed by atoms with E-state index in [1.807, 2.05) is 13.8 Å². The van der Waals surface area contributed by atoms with Crippen LogP contribution >= 0.6 is 23.4 Å². The van der Waals surface area contributed by atoms with Crippen LogP contribution in [-0.4, -0.2) is 11.1 Å². The first kappa shape index (κ1) is 21.3. The van der Waals surface area contributed by atoms with E-state index in [0.29, 0.717) is 22.0 Å². The van der Waals surface area contributed by atoms with Crippen LogP contribution in [0.2, 0.25) is 5.02 Å². The van der Waals surface area contributed by atoms with Crippen molar-refractivity contribution in [3.8, 4) is 0 Å². The second-order valence-corrected chi connectivity index (χ2v) is 7.66. The first-order valence-electron chi connectivity index (χ1n) is 8.48. The van der Waals surface area contributed by atoms with Gasteiger partial charge in [-0.05, 0) is 44.2 Å². The van der Waals surface area contributed by atoms with Crippen molar-refractivity contribution in [2.75, 3.05) is 5.32 Å². The number of nitrogens with one attached hydrogen (secondary N) is 1. The number of carbonyl (C=O) groups excluding carboxylic acids is 1. The van der Waals surface area contributed by atoms with E-state index in [4.69, 9.17) is 16.1 Å². The zero-order valence-electron chi connectivity index (χ0n) is 15.4. The molecule has 0 aliphatic rings. The van der Waals surface area contributed by atoms with Gasteiger partial charge < -0.3 is 9.84 Å². The van der Waals surface area contributed by atoms with Gasteiger partial charge in [-0.25, -0.2) is 0 Å². The second-order valence-electron chi connectivity index (χ2n) is 6.23. The second kappa shape index (κ2) is 8.51. The van der Waals surface area contributed by atoms with E-state index in [-0.39, 0.29) is 5.69 Å². The number of aryl methyl sites for hydroxylation is 2. The number of benzene rings is 2. The molecular weight excluding hydrogens is 425 g/mol. The largest absolute Gasteiger partial charge is 0.417 e. The third kappa shape index (κ3) is 4.94. The number of rotatable bonds is 5. The maximum atomic E-state index is 13.0.